The first-order valence-corrected chi connectivity index (χ1v) is 9.50. The fourth-order valence-electron chi connectivity index (χ4n) is 3.10. The second-order valence-electron chi connectivity index (χ2n) is 6.88. The quantitative estimate of drug-likeness (QED) is 0.453. The van der Waals surface area contributed by atoms with Gasteiger partial charge in [-0.15, -0.1) is 0 Å². The van der Waals surface area contributed by atoms with Crippen molar-refractivity contribution in [3.05, 3.63) is 83.9 Å². The number of fused-ring (bicyclic) bond motifs is 1. The lowest BCUT2D eigenvalue weighted by molar-refractivity contribution is 0.106. The third-order valence-corrected chi connectivity index (χ3v) is 4.66. The Morgan fingerprint density at radius 1 is 1.03 bits per heavy atom. The maximum Gasteiger partial charge on any atom is 0.170 e. The van der Waals surface area contributed by atoms with E-state index in [9.17, 15) is 13.9 Å². The van der Waals surface area contributed by atoms with Gasteiger partial charge in [0, 0.05) is 35.7 Å². The van der Waals surface area contributed by atoms with Crippen LogP contribution in [-0.4, -0.2) is 29.5 Å². The first-order valence-electron chi connectivity index (χ1n) is 9.50. The molecule has 3 aromatic carbocycles. The van der Waals surface area contributed by atoms with Gasteiger partial charge >= 0.3 is 0 Å². The van der Waals surface area contributed by atoms with Gasteiger partial charge in [-0.25, -0.2) is 8.78 Å². The largest absolute Gasteiger partial charge is 0.491 e. The minimum Gasteiger partial charge on any atom is -0.491 e. The zero-order valence-corrected chi connectivity index (χ0v) is 16.0. The third-order valence-electron chi connectivity index (χ3n) is 4.66. The van der Waals surface area contributed by atoms with Gasteiger partial charge in [-0.2, -0.15) is 0 Å². The molecule has 0 saturated heterocycles. The van der Waals surface area contributed by atoms with Gasteiger partial charge in [-0.3, -0.25) is 0 Å². The summed E-state index contributed by atoms with van der Waals surface area (Å²) in [5.41, 5.74) is 2.36. The molecule has 0 unspecified atom stereocenters. The van der Waals surface area contributed by atoms with E-state index in [4.69, 9.17) is 9.26 Å². The standard InChI is InChI=1S/C23H20F2N2O3/c24-17-7-10-20-22(11-17)30-27-23(20)15-5-8-19(9-6-15)29-14-18(28)13-26-12-16-3-1-2-4-21(16)25/h1-11,18,26,28H,12-14H2/t18-/m1/s1. The highest BCUT2D eigenvalue weighted by molar-refractivity contribution is 5.91. The Hall–Kier alpha value is -3.29. The Balaban J connectivity index is 1.29. The van der Waals surface area contributed by atoms with E-state index < -0.39 is 6.10 Å². The average Bonchev–Trinajstić information content (AvgIpc) is 3.17. The number of aromatic nitrogens is 1. The van der Waals surface area contributed by atoms with Crippen molar-refractivity contribution >= 4 is 11.0 Å². The number of nitrogens with zero attached hydrogens (tertiary/aromatic N) is 1. The predicted octanol–water partition coefficient (Wildman–Crippen LogP) is 4.30. The van der Waals surface area contributed by atoms with Crippen LogP contribution in [0.5, 0.6) is 5.75 Å². The van der Waals surface area contributed by atoms with E-state index in [2.05, 4.69) is 10.5 Å². The highest BCUT2D eigenvalue weighted by atomic mass is 19.1. The van der Waals surface area contributed by atoms with Crippen molar-refractivity contribution in [3.63, 3.8) is 0 Å². The van der Waals surface area contributed by atoms with Crippen LogP contribution < -0.4 is 10.1 Å². The van der Waals surface area contributed by atoms with Crippen LogP contribution in [0.4, 0.5) is 8.78 Å². The summed E-state index contributed by atoms with van der Waals surface area (Å²) in [7, 11) is 0. The van der Waals surface area contributed by atoms with Crippen LogP contribution in [0.1, 0.15) is 5.56 Å². The number of benzene rings is 3. The normalized spacial score (nSPS) is 12.2. The van der Waals surface area contributed by atoms with Crippen molar-refractivity contribution in [2.45, 2.75) is 12.6 Å². The maximum atomic E-state index is 13.6. The van der Waals surface area contributed by atoms with Crippen molar-refractivity contribution in [2.75, 3.05) is 13.2 Å². The Labute approximate surface area is 171 Å². The van der Waals surface area contributed by atoms with Crippen molar-refractivity contribution < 1.29 is 23.1 Å². The summed E-state index contributed by atoms with van der Waals surface area (Å²) in [4.78, 5) is 0. The number of aliphatic hydroxyl groups is 1. The van der Waals surface area contributed by atoms with E-state index in [1.54, 1.807) is 36.4 Å². The van der Waals surface area contributed by atoms with Gasteiger partial charge in [0.15, 0.2) is 5.58 Å². The smallest absolute Gasteiger partial charge is 0.170 e. The molecule has 0 saturated carbocycles. The van der Waals surface area contributed by atoms with E-state index in [1.807, 2.05) is 12.1 Å². The first-order chi connectivity index (χ1) is 14.6. The van der Waals surface area contributed by atoms with E-state index in [0.29, 0.717) is 29.1 Å². The molecule has 0 radical (unpaired) electrons. The number of aliphatic hydroxyl groups excluding tert-OH is 1. The number of hydrogen-bond acceptors (Lipinski definition) is 5. The second-order valence-corrected chi connectivity index (χ2v) is 6.88. The van der Waals surface area contributed by atoms with Gasteiger partial charge in [-0.05, 0) is 42.5 Å². The maximum absolute atomic E-state index is 13.6. The molecule has 1 heterocycles. The zero-order chi connectivity index (χ0) is 20.9. The van der Waals surface area contributed by atoms with Crippen LogP contribution in [0.2, 0.25) is 0 Å². The summed E-state index contributed by atoms with van der Waals surface area (Å²) in [5.74, 6) is -0.0671. The van der Waals surface area contributed by atoms with Crippen molar-refractivity contribution in [2.24, 2.45) is 0 Å². The van der Waals surface area contributed by atoms with E-state index in [1.165, 1.54) is 18.2 Å². The summed E-state index contributed by atoms with van der Waals surface area (Å²) < 4.78 is 37.7. The fraction of sp³-hybridized carbons (Fsp3) is 0.174. The van der Waals surface area contributed by atoms with Crippen LogP contribution in [0.25, 0.3) is 22.2 Å². The first kappa shape index (κ1) is 20.0. The van der Waals surface area contributed by atoms with Gasteiger partial charge in [0.2, 0.25) is 0 Å². The third kappa shape index (κ3) is 4.64. The lowest BCUT2D eigenvalue weighted by Gasteiger charge is -2.14. The molecule has 0 fully saturated rings. The monoisotopic (exact) mass is 410 g/mol. The molecule has 154 valence electrons. The number of ether oxygens (including phenoxy) is 1. The molecule has 7 heteroatoms. The Bertz CT molecular complexity index is 1130. The van der Waals surface area contributed by atoms with Gasteiger partial charge in [0.25, 0.3) is 0 Å². The zero-order valence-electron chi connectivity index (χ0n) is 16.0. The molecule has 2 N–H and O–H groups in total. The SMILES string of the molecule is O[C@H](CNCc1ccccc1F)COc1ccc(-c2noc3cc(F)ccc23)cc1. The lowest BCUT2D eigenvalue weighted by Crippen LogP contribution is -2.31. The van der Waals surface area contributed by atoms with Gasteiger partial charge in [-0.1, -0.05) is 23.4 Å². The second kappa shape index (κ2) is 9.02. The number of rotatable bonds is 8. The molecule has 0 aliphatic heterocycles. The minimum absolute atomic E-state index is 0.0930. The Kier molecular flexibility index (Phi) is 6.02. The van der Waals surface area contributed by atoms with Gasteiger partial charge in [0.1, 0.15) is 35.8 Å². The van der Waals surface area contributed by atoms with Gasteiger partial charge < -0.3 is 19.7 Å². The minimum atomic E-state index is -0.745. The molecule has 4 aromatic rings. The molecule has 0 bridgehead atoms. The number of hydrogen-bond donors (Lipinski definition) is 2. The van der Waals surface area contributed by atoms with Crippen molar-refractivity contribution in [3.8, 4) is 17.0 Å². The van der Waals surface area contributed by atoms with Crippen molar-refractivity contribution in [1.29, 1.82) is 0 Å². The Morgan fingerprint density at radius 2 is 1.83 bits per heavy atom. The summed E-state index contributed by atoms with van der Waals surface area (Å²) in [5, 5.41) is 17.8. The molecule has 4 rings (SSSR count). The van der Waals surface area contributed by atoms with Crippen LogP contribution in [0, 0.1) is 11.6 Å². The number of nitrogens with one attached hydrogen (secondary N) is 1. The molecular formula is C23H20F2N2O3. The van der Waals surface area contributed by atoms with Gasteiger partial charge in [0.05, 0.1) is 0 Å². The molecule has 5 nitrogen and oxygen atoms in total. The molecule has 0 aliphatic rings. The highest BCUT2D eigenvalue weighted by Gasteiger charge is 2.12. The molecule has 0 amide bonds. The van der Waals surface area contributed by atoms with E-state index >= 15 is 0 Å². The average molecular weight is 410 g/mol. The van der Waals surface area contributed by atoms with Crippen LogP contribution in [-0.2, 0) is 6.54 Å². The molecule has 1 atom stereocenters. The predicted molar refractivity (Wildman–Crippen MR) is 109 cm³/mol. The Morgan fingerprint density at radius 3 is 2.63 bits per heavy atom. The summed E-state index contributed by atoms with van der Waals surface area (Å²) >= 11 is 0. The molecular weight excluding hydrogens is 390 g/mol. The molecule has 0 aliphatic carbocycles. The molecule has 0 spiro atoms. The van der Waals surface area contributed by atoms with E-state index in [0.717, 1.165) is 10.9 Å². The summed E-state index contributed by atoms with van der Waals surface area (Å²) in [6.07, 6.45) is -0.745. The summed E-state index contributed by atoms with van der Waals surface area (Å²) in [6, 6.07) is 18.0. The van der Waals surface area contributed by atoms with E-state index in [-0.39, 0.29) is 24.8 Å². The highest BCUT2D eigenvalue weighted by Crippen LogP contribution is 2.29. The lowest BCUT2D eigenvalue weighted by atomic mass is 10.1. The molecule has 1 aromatic heterocycles. The van der Waals surface area contributed by atoms with Crippen LogP contribution >= 0.6 is 0 Å². The topological polar surface area (TPSA) is 67.5 Å². The van der Waals surface area contributed by atoms with Crippen LogP contribution in [0.3, 0.4) is 0 Å². The van der Waals surface area contributed by atoms with Crippen molar-refractivity contribution in [1.82, 2.24) is 10.5 Å². The molecule has 30 heavy (non-hydrogen) atoms. The number of halogens is 2. The fourth-order valence-corrected chi connectivity index (χ4v) is 3.10. The summed E-state index contributed by atoms with van der Waals surface area (Å²) in [6.45, 7) is 0.692. The van der Waals surface area contributed by atoms with Crippen LogP contribution in [0.15, 0.2) is 71.3 Å².